The van der Waals surface area contributed by atoms with Crippen molar-refractivity contribution in [2.45, 2.75) is 20.3 Å². The Morgan fingerprint density at radius 3 is 2.80 bits per heavy atom. The summed E-state index contributed by atoms with van der Waals surface area (Å²) in [5.41, 5.74) is 3.62. The van der Waals surface area contributed by atoms with Crippen LogP contribution in [0.4, 0.5) is 0 Å². The van der Waals surface area contributed by atoms with Gasteiger partial charge in [0.05, 0.1) is 0 Å². The minimum Gasteiger partial charge on any atom is -0.272 e. The summed E-state index contributed by atoms with van der Waals surface area (Å²) in [5.74, 6) is 0. The summed E-state index contributed by atoms with van der Waals surface area (Å²) in [5, 5.41) is 7.90. The van der Waals surface area contributed by atoms with Crippen LogP contribution in [0.2, 0.25) is 5.28 Å². The Kier molecular flexibility index (Phi) is 2.73. The van der Waals surface area contributed by atoms with E-state index in [0.29, 0.717) is 5.28 Å². The van der Waals surface area contributed by atoms with Crippen molar-refractivity contribution in [1.29, 1.82) is 0 Å². The van der Waals surface area contributed by atoms with Crippen molar-refractivity contribution in [2.24, 2.45) is 0 Å². The van der Waals surface area contributed by atoms with E-state index in [1.54, 1.807) is 10.9 Å². The van der Waals surface area contributed by atoms with Crippen LogP contribution in [0.3, 0.4) is 0 Å². The van der Waals surface area contributed by atoms with Gasteiger partial charge in [-0.1, -0.05) is 13.0 Å². The lowest BCUT2D eigenvalue weighted by atomic mass is 10.1. The highest BCUT2D eigenvalue weighted by Crippen LogP contribution is 2.17. The average Bonchev–Trinajstić information content (AvgIpc) is 2.65. The summed E-state index contributed by atoms with van der Waals surface area (Å²) >= 11 is 5.90. The molecule has 0 fully saturated rings. The minimum absolute atomic E-state index is 0.390. The van der Waals surface area contributed by atoms with Gasteiger partial charge < -0.3 is 0 Å². The maximum atomic E-state index is 5.90. The van der Waals surface area contributed by atoms with Crippen molar-refractivity contribution >= 4 is 11.6 Å². The molecule has 2 aromatic rings. The lowest BCUT2D eigenvalue weighted by Gasteiger charge is -2.07. The molecule has 0 aliphatic carbocycles. The fourth-order valence-electron chi connectivity index (χ4n) is 1.58. The van der Waals surface area contributed by atoms with Crippen LogP contribution in [0.15, 0.2) is 24.5 Å². The molecule has 0 unspecified atom stereocenters. The summed E-state index contributed by atoms with van der Waals surface area (Å²) in [6.07, 6.45) is 2.63. The van der Waals surface area contributed by atoms with Crippen LogP contribution in [0.25, 0.3) is 5.69 Å². The number of hydrogen-bond acceptors (Lipinski definition) is 2. The van der Waals surface area contributed by atoms with E-state index < -0.39 is 0 Å². The van der Waals surface area contributed by atoms with Crippen LogP contribution in [0.1, 0.15) is 18.1 Å². The monoisotopic (exact) mass is 221 g/mol. The van der Waals surface area contributed by atoms with E-state index in [1.807, 2.05) is 6.07 Å². The molecule has 4 heteroatoms. The van der Waals surface area contributed by atoms with Crippen molar-refractivity contribution < 1.29 is 0 Å². The van der Waals surface area contributed by atoms with E-state index in [4.69, 9.17) is 11.6 Å². The predicted octanol–water partition coefficient (Wildman–Crippen LogP) is 2.79. The van der Waals surface area contributed by atoms with E-state index in [1.165, 1.54) is 11.1 Å². The molecule has 0 saturated heterocycles. The van der Waals surface area contributed by atoms with Crippen molar-refractivity contribution in [3.05, 3.63) is 40.9 Å². The van der Waals surface area contributed by atoms with Gasteiger partial charge >= 0.3 is 0 Å². The smallest absolute Gasteiger partial charge is 0.229 e. The summed E-state index contributed by atoms with van der Waals surface area (Å²) in [4.78, 5) is 0. The second kappa shape index (κ2) is 4.03. The number of rotatable bonds is 2. The summed E-state index contributed by atoms with van der Waals surface area (Å²) in [6.45, 7) is 4.25. The fraction of sp³-hybridized carbons (Fsp3) is 0.273. The van der Waals surface area contributed by atoms with Crippen LogP contribution >= 0.6 is 11.6 Å². The Labute approximate surface area is 93.7 Å². The normalized spacial score (nSPS) is 10.6. The molecule has 3 nitrogen and oxygen atoms in total. The van der Waals surface area contributed by atoms with Gasteiger partial charge in [-0.05, 0) is 48.2 Å². The van der Waals surface area contributed by atoms with Crippen LogP contribution in [0, 0.1) is 6.92 Å². The average molecular weight is 222 g/mol. The van der Waals surface area contributed by atoms with Crippen molar-refractivity contribution in [3.63, 3.8) is 0 Å². The first-order valence-electron chi connectivity index (χ1n) is 4.87. The molecule has 1 aromatic heterocycles. The summed E-state index contributed by atoms with van der Waals surface area (Å²) in [6, 6.07) is 6.22. The number of nitrogens with zero attached hydrogens (tertiary/aromatic N) is 3. The van der Waals surface area contributed by atoms with E-state index in [-0.39, 0.29) is 0 Å². The van der Waals surface area contributed by atoms with Gasteiger partial charge in [0.15, 0.2) is 0 Å². The van der Waals surface area contributed by atoms with Gasteiger partial charge in [-0.3, -0.25) is 4.57 Å². The third-order valence-electron chi connectivity index (χ3n) is 2.50. The van der Waals surface area contributed by atoms with Crippen LogP contribution < -0.4 is 0 Å². The third-order valence-corrected chi connectivity index (χ3v) is 2.76. The maximum Gasteiger partial charge on any atom is 0.229 e. The molecule has 15 heavy (non-hydrogen) atoms. The Bertz CT molecular complexity index is 476. The number of halogens is 1. The molecular formula is C11H12ClN3. The Hall–Kier alpha value is -1.35. The van der Waals surface area contributed by atoms with E-state index in [0.717, 1.165) is 12.1 Å². The Morgan fingerprint density at radius 1 is 1.40 bits per heavy atom. The van der Waals surface area contributed by atoms with Crippen LogP contribution in [-0.2, 0) is 6.42 Å². The molecule has 0 amide bonds. The second-order valence-corrected chi connectivity index (χ2v) is 3.77. The van der Waals surface area contributed by atoms with Crippen LogP contribution in [0.5, 0.6) is 0 Å². The number of hydrogen-bond donors (Lipinski definition) is 0. The van der Waals surface area contributed by atoms with E-state index in [9.17, 15) is 0 Å². The molecule has 0 saturated carbocycles. The van der Waals surface area contributed by atoms with Gasteiger partial charge in [-0.25, -0.2) is 0 Å². The molecule has 1 heterocycles. The van der Waals surface area contributed by atoms with Crippen molar-refractivity contribution in [1.82, 2.24) is 14.8 Å². The molecule has 0 aliphatic heterocycles. The van der Waals surface area contributed by atoms with E-state index >= 15 is 0 Å². The molecule has 1 aromatic carbocycles. The first kappa shape index (κ1) is 10.2. The van der Waals surface area contributed by atoms with Crippen molar-refractivity contribution in [2.75, 3.05) is 0 Å². The lowest BCUT2D eigenvalue weighted by molar-refractivity contribution is 1.03. The molecule has 0 radical (unpaired) electrons. The molecule has 2 rings (SSSR count). The third kappa shape index (κ3) is 1.88. The van der Waals surface area contributed by atoms with Gasteiger partial charge in [0, 0.05) is 5.69 Å². The number of aromatic nitrogens is 3. The highest BCUT2D eigenvalue weighted by atomic mass is 35.5. The van der Waals surface area contributed by atoms with Gasteiger partial charge in [0.25, 0.3) is 0 Å². The number of benzene rings is 1. The zero-order chi connectivity index (χ0) is 10.8. The highest BCUT2D eigenvalue weighted by Gasteiger charge is 2.04. The SMILES string of the molecule is CCc1cc(-n2cnnc2Cl)ccc1C. The number of aryl methyl sites for hydroxylation is 2. The summed E-state index contributed by atoms with van der Waals surface area (Å²) in [7, 11) is 0. The van der Waals surface area contributed by atoms with E-state index in [2.05, 4.69) is 36.2 Å². The standard InChI is InChI=1S/C11H12ClN3/c1-3-9-6-10(5-4-8(9)2)15-7-13-14-11(15)12/h4-7H,3H2,1-2H3. The lowest BCUT2D eigenvalue weighted by Crippen LogP contribution is -1.95. The first-order valence-corrected chi connectivity index (χ1v) is 5.25. The van der Waals surface area contributed by atoms with Gasteiger partial charge in [0.1, 0.15) is 6.33 Å². The quantitative estimate of drug-likeness (QED) is 0.781. The largest absolute Gasteiger partial charge is 0.272 e. The van der Waals surface area contributed by atoms with Gasteiger partial charge in [-0.15, -0.1) is 10.2 Å². The summed E-state index contributed by atoms with van der Waals surface area (Å²) < 4.78 is 1.76. The molecule has 0 N–H and O–H groups in total. The van der Waals surface area contributed by atoms with Gasteiger partial charge in [0.2, 0.25) is 5.28 Å². The Balaban J connectivity index is 2.51. The minimum atomic E-state index is 0.390. The zero-order valence-electron chi connectivity index (χ0n) is 8.74. The molecular weight excluding hydrogens is 210 g/mol. The Morgan fingerprint density at radius 2 is 2.20 bits per heavy atom. The fourth-order valence-corrected chi connectivity index (χ4v) is 1.77. The molecule has 78 valence electrons. The first-order chi connectivity index (χ1) is 7.22. The predicted molar refractivity (Wildman–Crippen MR) is 60.5 cm³/mol. The molecule has 0 aliphatic rings. The maximum absolute atomic E-state index is 5.90. The molecule has 0 bridgehead atoms. The zero-order valence-corrected chi connectivity index (χ0v) is 9.49. The molecule has 0 spiro atoms. The van der Waals surface area contributed by atoms with Crippen molar-refractivity contribution in [3.8, 4) is 5.69 Å². The van der Waals surface area contributed by atoms with Crippen LogP contribution in [-0.4, -0.2) is 14.8 Å². The topological polar surface area (TPSA) is 30.7 Å². The van der Waals surface area contributed by atoms with Gasteiger partial charge in [-0.2, -0.15) is 0 Å². The second-order valence-electron chi connectivity index (χ2n) is 3.43. The highest BCUT2D eigenvalue weighted by molar-refractivity contribution is 6.28. The molecule has 0 atom stereocenters.